The molecular weight excluding hydrogens is 508 g/mol. The van der Waals surface area contributed by atoms with Crippen molar-refractivity contribution in [3.8, 4) is 46.7 Å². The maximum atomic E-state index is 12.0. The van der Waals surface area contributed by atoms with Gasteiger partial charge in [0.2, 0.25) is 0 Å². The average molecular weight is 530 g/mol. The molecule has 2 heterocycles. The molecule has 0 amide bonds. The van der Waals surface area contributed by atoms with Gasteiger partial charge in [-0.1, -0.05) is 18.2 Å². The van der Waals surface area contributed by atoms with Crippen molar-refractivity contribution < 1.29 is 28.7 Å². The van der Waals surface area contributed by atoms with Crippen LogP contribution in [0.25, 0.3) is 11.4 Å². The van der Waals surface area contributed by atoms with E-state index in [-0.39, 0.29) is 23.9 Å². The van der Waals surface area contributed by atoms with Gasteiger partial charge in [0.1, 0.15) is 17.3 Å². The second-order valence-electron chi connectivity index (χ2n) is 8.00. The van der Waals surface area contributed by atoms with Crippen molar-refractivity contribution in [2.75, 3.05) is 13.2 Å². The van der Waals surface area contributed by atoms with Crippen molar-refractivity contribution in [1.29, 1.82) is 5.26 Å². The summed E-state index contributed by atoms with van der Waals surface area (Å²) in [5.41, 5.74) is 0.853. The highest BCUT2D eigenvalue weighted by Crippen LogP contribution is 2.40. The second-order valence-corrected chi connectivity index (χ2v) is 8.00. The van der Waals surface area contributed by atoms with Gasteiger partial charge in [-0.3, -0.25) is 10.1 Å². The Morgan fingerprint density at radius 2 is 1.95 bits per heavy atom. The number of benzene rings is 2. The lowest BCUT2D eigenvalue weighted by atomic mass is 10.1. The molecule has 0 saturated heterocycles. The van der Waals surface area contributed by atoms with Crippen LogP contribution in [-0.4, -0.2) is 43.6 Å². The van der Waals surface area contributed by atoms with Crippen LogP contribution in [0.15, 0.2) is 54.9 Å². The summed E-state index contributed by atoms with van der Waals surface area (Å²) in [4.78, 5) is 35.6. The molecule has 0 aliphatic carbocycles. The van der Waals surface area contributed by atoms with Crippen molar-refractivity contribution in [1.82, 2.24) is 19.5 Å². The lowest BCUT2D eigenvalue weighted by molar-refractivity contribution is -0.387. The SMILES string of the molecule is CCOC(=O)COc1nc(Oc2cccc(-c3nccn3C)c2)nc(Oc2cc(C#N)ccc2C)c1[N+](=O)[O-]. The smallest absolute Gasteiger partial charge is 0.392 e. The van der Waals surface area contributed by atoms with Gasteiger partial charge in [-0.15, -0.1) is 0 Å². The van der Waals surface area contributed by atoms with E-state index < -0.39 is 34.9 Å². The van der Waals surface area contributed by atoms with Gasteiger partial charge < -0.3 is 23.5 Å². The van der Waals surface area contributed by atoms with E-state index in [0.717, 1.165) is 5.56 Å². The summed E-state index contributed by atoms with van der Waals surface area (Å²) in [5.74, 6) is -0.704. The summed E-state index contributed by atoms with van der Waals surface area (Å²) in [5, 5.41) is 21.3. The minimum Gasteiger partial charge on any atom is -0.463 e. The fourth-order valence-corrected chi connectivity index (χ4v) is 3.43. The van der Waals surface area contributed by atoms with Crippen LogP contribution < -0.4 is 14.2 Å². The number of nitriles is 1. The summed E-state index contributed by atoms with van der Waals surface area (Å²) >= 11 is 0. The number of carbonyl (C=O) groups is 1. The van der Waals surface area contributed by atoms with E-state index in [1.165, 1.54) is 6.07 Å². The van der Waals surface area contributed by atoms with Crippen molar-refractivity contribution in [3.63, 3.8) is 0 Å². The summed E-state index contributed by atoms with van der Waals surface area (Å²) in [6.45, 7) is 2.75. The minimum absolute atomic E-state index is 0.0949. The Labute approximate surface area is 222 Å². The van der Waals surface area contributed by atoms with Gasteiger partial charge in [0.05, 0.1) is 23.2 Å². The number of ether oxygens (including phenoxy) is 4. The maximum Gasteiger partial charge on any atom is 0.392 e. The number of aromatic nitrogens is 4. The quantitative estimate of drug-likeness (QED) is 0.161. The molecule has 0 saturated carbocycles. The minimum atomic E-state index is -0.801. The van der Waals surface area contributed by atoms with Crippen LogP contribution in [-0.2, 0) is 16.6 Å². The van der Waals surface area contributed by atoms with Crippen molar-refractivity contribution in [3.05, 3.63) is 76.1 Å². The third kappa shape index (κ3) is 6.25. The van der Waals surface area contributed by atoms with Crippen molar-refractivity contribution >= 4 is 11.7 Å². The van der Waals surface area contributed by atoms with Crippen LogP contribution in [0.2, 0.25) is 0 Å². The fraction of sp³-hybridized carbons (Fsp3) is 0.192. The molecule has 198 valence electrons. The molecule has 2 aromatic heterocycles. The molecule has 0 unspecified atom stereocenters. The lowest BCUT2D eigenvalue weighted by Crippen LogP contribution is -2.16. The van der Waals surface area contributed by atoms with Crippen LogP contribution >= 0.6 is 0 Å². The normalized spacial score (nSPS) is 10.4. The Bertz CT molecular complexity index is 1580. The van der Waals surface area contributed by atoms with Gasteiger partial charge in [-0.05, 0) is 43.7 Å². The molecule has 0 fully saturated rings. The summed E-state index contributed by atoms with van der Waals surface area (Å²) in [6.07, 6.45) is 3.45. The van der Waals surface area contributed by atoms with E-state index in [4.69, 9.17) is 18.9 Å². The number of hydrogen-bond donors (Lipinski definition) is 0. The van der Waals surface area contributed by atoms with Gasteiger partial charge in [0.15, 0.2) is 6.61 Å². The van der Waals surface area contributed by atoms with Gasteiger partial charge in [-0.25, -0.2) is 9.78 Å². The molecule has 4 aromatic rings. The molecule has 13 nitrogen and oxygen atoms in total. The molecule has 13 heteroatoms. The van der Waals surface area contributed by atoms with E-state index in [1.54, 1.807) is 56.6 Å². The molecule has 39 heavy (non-hydrogen) atoms. The highest BCUT2D eigenvalue weighted by atomic mass is 16.6. The van der Waals surface area contributed by atoms with E-state index in [0.29, 0.717) is 17.1 Å². The predicted molar refractivity (Wildman–Crippen MR) is 136 cm³/mol. The summed E-state index contributed by atoms with van der Waals surface area (Å²) in [7, 11) is 1.84. The Kier molecular flexibility index (Phi) is 7.96. The largest absolute Gasteiger partial charge is 0.463 e. The number of rotatable bonds is 10. The maximum absolute atomic E-state index is 12.0. The number of carbonyl (C=O) groups excluding carboxylic acids is 1. The molecule has 0 aliphatic rings. The average Bonchev–Trinajstić information content (AvgIpc) is 3.34. The van der Waals surface area contributed by atoms with E-state index in [2.05, 4.69) is 15.0 Å². The number of aryl methyl sites for hydroxylation is 2. The third-order valence-corrected chi connectivity index (χ3v) is 5.26. The highest BCUT2D eigenvalue weighted by Gasteiger charge is 2.30. The molecule has 0 spiro atoms. The Hall–Kier alpha value is -5.51. The highest BCUT2D eigenvalue weighted by molar-refractivity contribution is 5.71. The summed E-state index contributed by atoms with van der Waals surface area (Å²) < 4.78 is 23.6. The first-order valence-corrected chi connectivity index (χ1v) is 11.6. The molecule has 4 rings (SSSR count). The number of hydrogen-bond acceptors (Lipinski definition) is 11. The molecule has 0 aliphatic heterocycles. The van der Waals surface area contributed by atoms with E-state index >= 15 is 0 Å². The van der Waals surface area contributed by atoms with Crippen molar-refractivity contribution in [2.24, 2.45) is 7.05 Å². The fourth-order valence-electron chi connectivity index (χ4n) is 3.43. The van der Waals surface area contributed by atoms with Crippen LogP contribution in [0.1, 0.15) is 18.1 Å². The number of esters is 1. The van der Waals surface area contributed by atoms with Gasteiger partial charge in [0.25, 0.3) is 0 Å². The number of nitrogens with zero attached hydrogens (tertiary/aromatic N) is 6. The predicted octanol–water partition coefficient (Wildman–Crippen LogP) is 4.49. The van der Waals surface area contributed by atoms with Crippen LogP contribution in [0, 0.1) is 28.4 Å². The van der Waals surface area contributed by atoms with E-state index in [9.17, 15) is 20.2 Å². The molecule has 0 radical (unpaired) electrons. The first kappa shape index (κ1) is 26.6. The van der Waals surface area contributed by atoms with Crippen LogP contribution in [0.5, 0.6) is 29.3 Å². The Balaban J connectivity index is 1.77. The molecule has 2 aromatic carbocycles. The van der Waals surface area contributed by atoms with Gasteiger partial charge in [0, 0.05) is 25.0 Å². The van der Waals surface area contributed by atoms with Gasteiger partial charge >= 0.3 is 29.4 Å². The third-order valence-electron chi connectivity index (χ3n) is 5.26. The molecule has 0 atom stereocenters. The Morgan fingerprint density at radius 1 is 1.15 bits per heavy atom. The van der Waals surface area contributed by atoms with E-state index in [1.807, 2.05) is 23.8 Å². The monoisotopic (exact) mass is 530 g/mol. The zero-order valence-corrected chi connectivity index (χ0v) is 21.2. The van der Waals surface area contributed by atoms with Crippen LogP contribution in [0.4, 0.5) is 5.69 Å². The Morgan fingerprint density at radius 3 is 2.64 bits per heavy atom. The topological polar surface area (TPSA) is 165 Å². The molecule has 0 bridgehead atoms. The number of imidazole rings is 1. The first-order chi connectivity index (χ1) is 18.8. The number of nitro groups is 1. The lowest BCUT2D eigenvalue weighted by Gasteiger charge is -2.13. The van der Waals surface area contributed by atoms with Crippen molar-refractivity contribution in [2.45, 2.75) is 13.8 Å². The zero-order valence-electron chi connectivity index (χ0n) is 21.2. The molecular formula is C26H22N6O7. The second kappa shape index (κ2) is 11.7. The van der Waals surface area contributed by atoms with Crippen LogP contribution in [0.3, 0.4) is 0 Å². The van der Waals surface area contributed by atoms with Gasteiger partial charge in [-0.2, -0.15) is 15.2 Å². The first-order valence-electron chi connectivity index (χ1n) is 11.6. The standard InChI is InChI=1S/C26H22N6O7/c1-4-36-21(33)15-37-24-22(32(34)35)25(39-20-12-17(14-27)9-8-16(20)2)30-26(29-24)38-19-7-5-6-18(13-19)23-28-10-11-31(23)3/h5-13H,4,15H2,1-3H3. The molecule has 0 N–H and O–H groups in total. The summed E-state index contributed by atoms with van der Waals surface area (Å²) in [6, 6.07) is 13.1. The zero-order chi connectivity index (χ0) is 27.9.